The second-order valence-electron chi connectivity index (χ2n) is 8.38. The Bertz CT molecular complexity index is 847. The van der Waals surface area contributed by atoms with Crippen LogP contribution >= 0.6 is 0 Å². The van der Waals surface area contributed by atoms with Crippen molar-refractivity contribution in [3.05, 3.63) is 65.7 Å². The van der Waals surface area contributed by atoms with Crippen LogP contribution in [0.4, 0.5) is 0 Å². The Kier molecular flexibility index (Phi) is 8.51. The molecule has 0 unspecified atom stereocenters. The molecule has 0 aliphatic heterocycles. The molecule has 1 atom stereocenters. The van der Waals surface area contributed by atoms with Crippen LogP contribution in [-0.4, -0.2) is 35.4 Å². The predicted octanol–water partition coefficient (Wildman–Crippen LogP) is 4.63. The van der Waals surface area contributed by atoms with Crippen molar-refractivity contribution < 1.29 is 14.3 Å². The Labute approximate surface area is 185 Å². The van der Waals surface area contributed by atoms with Gasteiger partial charge >= 0.3 is 0 Å². The molecule has 5 nitrogen and oxygen atoms in total. The van der Waals surface area contributed by atoms with Gasteiger partial charge in [-0.25, -0.2) is 0 Å². The second-order valence-corrected chi connectivity index (χ2v) is 8.38. The van der Waals surface area contributed by atoms with Crippen molar-refractivity contribution >= 4 is 11.8 Å². The molecule has 0 aromatic heterocycles. The third-order valence-corrected chi connectivity index (χ3v) is 5.89. The molecule has 1 fully saturated rings. The fourth-order valence-corrected chi connectivity index (χ4v) is 4.18. The highest BCUT2D eigenvalue weighted by Gasteiger charge is 2.30. The van der Waals surface area contributed by atoms with Gasteiger partial charge in [-0.3, -0.25) is 9.59 Å². The normalized spacial score (nSPS) is 15.2. The summed E-state index contributed by atoms with van der Waals surface area (Å²) in [6, 6.07) is 17.1. The summed E-state index contributed by atoms with van der Waals surface area (Å²) >= 11 is 0. The van der Waals surface area contributed by atoms with Gasteiger partial charge in [-0.2, -0.15) is 0 Å². The largest absolute Gasteiger partial charge is 0.484 e. The Morgan fingerprint density at radius 2 is 1.81 bits per heavy atom. The van der Waals surface area contributed by atoms with Crippen LogP contribution in [-0.2, 0) is 16.1 Å². The lowest BCUT2D eigenvalue weighted by Crippen LogP contribution is -2.52. The number of benzene rings is 2. The van der Waals surface area contributed by atoms with Crippen LogP contribution in [0.3, 0.4) is 0 Å². The van der Waals surface area contributed by atoms with Crippen LogP contribution in [0.5, 0.6) is 5.75 Å². The van der Waals surface area contributed by atoms with Crippen molar-refractivity contribution in [3.8, 4) is 5.75 Å². The van der Waals surface area contributed by atoms with E-state index < -0.39 is 6.04 Å². The second kappa shape index (κ2) is 11.5. The number of aryl methyl sites for hydroxylation is 1. The van der Waals surface area contributed by atoms with Crippen LogP contribution in [0.15, 0.2) is 54.6 Å². The van der Waals surface area contributed by atoms with Crippen molar-refractivity contribution in [1.82, 2.24) is 10.2 Å². The highest BCUT2D eigenvalue weighted by molar-refractivity contribution is 5.88. The number of nitrogens with one attached hydrogen (secondary N) is 1. The van der Waals surface area contributed by atoms with Gasteiger partial charge in [0.25, 0.3) is 5.91 Å². The number of carbonyl (C=O) groups is 2. The molecule has 2 aromatic rings. The maximum Gasteiger partial charge on any atom is 0.261 e. The maximum atomic E-state index is 13.2. The van der Waals surface area contributed by atoms with E-state index in [9.17, 15) is 9.59 Å². The molecule has 2 amide bonds. The molecule has 166 valence electrons. The Morgan fingerprint density at radius 3 is 2.48 bits per heavy atom. The zero-order valence-corrected chi connectivity index (χ0v) is 18.7. The van der Waals surface area contributed by atoms with Gasteiger partial charge in [0.1, 0.15) is 11.8 Å². The van der Waals surface area contributed by atoms with E-state index in [-0.39, 0.29) is 24.5 Å². The Hall–Kier alpha value is -2.82. The first-order valence-electron chi connectivity index (χ1n) is 11.4. The number of nitrogens with zero attached hydrogens (tertiary/aromatic N) is 1. The first kappa shape index (κ1) is 22.9. The van der Waals surface area contributed by atoms with E-state index in [0.29, 0.717) is 18.7 Å². The number of hydrogen-bond donors (Lipinski definition) is 1. The fraction of sp³-hybridized carbons (Fsp3) is 0.462. The summed E-state index contributed by atoms with van der Waals surface area (Å²) in [4.78, 5) is 28.0. The zero-order valence-electron chi connectivity index (χ0n) is 18.7. The van der Waals surface area contributed by atoms with Crippen molar-refractivity contribution in [2.45, 2.75) is 71.0 Å². The van der Waals surface area contributed by atoms with Gasteiger partial charge in [0.15, 0.2) is 6.61 Å². The minimum Gasteiger partial charge on any atom is -0.484 e. The van der Waals surface area contributed by atoms with E-state index in [1.807, 2.05) is 68.4 Å². The SMILES string of the molecule is CC[C@@H](C(=O)NC1CCCCC1)N(Cc1ccccc1)C(=O)COc1cccc(C)c1. The molecule has 0 spiro atoms. The summed E-state index contributed by atoms with van der Waals surface area (Å²) < 4.78 is 5.77. The topological polar surface area (TPSA) is 58.6 Å². The molecule has 1 aliphatic rings. The van der Waals surface area contributed by atoms with Crippen molar-refractivity contribution in [1.29, 1.82) is 0 Å². The Morgan fingerprint density at radius 1 is 1.06 bits per heavy atom. The maximum absolute atomic E-state index is 13.2. The van der Waals surface area contributed by atoms with E-state index in [1.165, 1.54) is 6.42 Å². The molecule has 0 radical (unpaired) electrons. The molecule has 3 rings (SSSR count). The van der Waals surface area contributed by atoms with Crippen molar-refractivity contribution in [2.75, 3.05) is 6.61 Å². The predicted molar refractivity (Wildman–Crippen MR) is 123 cm³/mol. The molecular formula is C26H34N2O3. The third kappa shape index (κ3) is 6.84. The third-order valence-electron chi connectivity index (χ3n) is 5.89. The molecule has 1 aliphatic carbocycles. The van der Waals surface area contributed by atoms with Crippen LogP contribution in [0.25, 0.3) is 0 Å². The molecule has 0 bridgehead atoms. The first-order chi connectivity index (χ1) is 15.1. The van der Waals surface area contributed by atoms with Gasteiger partial charge in [-0.1, -0.05) is 68.7 Å². The average molecular weight is 423 g/mol. The lowest BCUT2D eigenvalue weighted by molar-refractivity contribution is -0.143. The average Bonchev–Trinajstić information content (AvgIpc) is 2.79. The van der Waals surface area contributed by atoms with Crippen LogP contribution in [0.1, 0.15) is 56.6 Å². The lowest BCUT2D eigenvalue weighted by Gasteiger charge is -2.32. The minimum absolute atomic E-state index is 0.0609. The quantitative estimate of drug-likeness (QED) is 0.641. The smallest absolute Gasteiger partial charge is 0.261 e. The number of carbonyl (C=O) groups excluding carboxylic acids is 2. The highest BCUT2D eigenvalue weighted by Crippen LogP contribution is 2.19. The molecule has 1 N–H and O–H groups in total. The van der Waals surface area contributed by atoms with Gasteiger partial charge in [-0.15, -0.1) is 0 Å². The van der Waals surface area contributed by atoms with E-state index in [0.717, 1.165) is 36.8 Å². The van der Waals surface area contributed by atoms with Gasteiger partial charge in [-0.05, 0) is 49.4 Å². The van der Waals surface area contributed by atoms with Gasteiger partial charge < -0.3 is 15.0 Å². The molecule has 0 heterocycles. The molecule has 31 heavy (non-hydrogen) atoms. The summed E-state index contributed by atoms with van der Waals surface area (Å²) in [5, 5.41) is 3.20. The van der Waals surface area contributed by atoms with Crippen molar-refractivity contribution in [2.24, 2.45) is 0 Å². The van der Waals surface area contributed by atoms with Gasteiger partial charge in [0.05, 0.1) is 0 Å². The van der Waals surface area contributed by atoms with E-state index >= 15 is 0 Å². The summed E-state index contributed by atoms with van der Waals surface area (Å²) in [5.74, 6) is 0.415. The van der Waals surface area contributed by atoms with E-state index in [4.69, 9.17) is 4.74 Å². The zero-order chi connectivity index (χ0) is 22.1. The molecule has 1 saturated carbocycles. The molecule has 0 saturated heterocycles. The Balaban J connectivity index is 1.72. The standard InChI is InChI=1S/C26H34N2O3/c1-3-24(26(30)27-22-14-8-5-9-15-22)28(18-21-12-6-4-7-13-21)25(29)19-31-23-16-10-11-20(2)17-23/h4,6-7,10-13,16-17,22,24H,3,5,8-9,14-15,18-19H2,1-2H3,(H,27,30)/t24-/m0/s1. The highest BCUT2D eigenvalue weighted by atomic mass is 16.5. The first-order valence-corrected chi connectivity index (χ1v) is 11.4. The summed E-state index contributed by atoms with van der Waals surface area (Å²) in [7, 11) is 0. The minimum atomic E-state index is -0.518. The van der Waals surface area contributed by atoms with Crippen LogP contribution in [0, 0.1) is 6.92 Å². The molecular weight excluding hydrogens is 388 g/mol. The van der Waals surface area contributed by atoms with Crippen molar-refractivity contribution in [3.63, 3.8) is 0 Å². The number of ether oxygens (including phenoxy) is 1. The fourth-order valence-electron chi connectivity index (χ4n) is 4.18. The van der Waals surface area contributed by atoms with Gasteiger partial charge in [0.2, 0.25) is 5.91 Å². The monoisotopic (exact) mass is 422 g/mol. The number of amides is 2. The molecule has 2 aromatic carbocycles. The summed E-state index contributed by atoms with van der Waals surface area (Å²) in [5.41, 5.74) is 2.07. The molecule has 5 heteroatoms. The van der Waals surface area contributed by atoms with Crippen LogP contribution in [0.2, 0.25) is 0 Å². The number of rotatable bonds is 9. The number of hydrogen-bond acceptors (Lipinski definition) is 3. The van der Waals surface area contributed by atoms with E-state index in [1.54, 1.807) is 4.90 Å². The summed E-state index contributed by atoms with van der Waals surface area (Å²) in [6.45, 7) is 4.23. The van der Waals surface area contributed by atoms with Gasteiger partial charge in [0, 0.05) is 12.6 Å². The summed E-state index contributed by atoms with van der Waals surface area (Å²) in [6.07, 6.45) is 6.13. The van der Waals surface area contributed by atoms with Crippen LogP contribution < -0.4 is 10.1 Å². The lowest BCUT2D eigenvalue weighted by atomic mass is 9.95. The van der Waals surface area contributed by atoms with E-state index in [2.05, 4.69) is 5.32 Å².